The van der Waals surface area contributed by atoms with Gasteiger partial charge in [0.1, 0.15) is 11.8 Å². The highest BCUT2D eigenvalue weighted by Crippen LogP contribution is 2.16. The van der Waals surface area contributed by atoms with Gasteiger partial charge in [0.2, 0.25) is 0 Å². The molecule has 2 nitrogen and oxygen atoms in total. The van der Waals surface area contributed by atoms with Gasteiger partial charge in [0.15, 0.2) is 0 Å². The second-order valence-corrected chi connectivity index (χ2v) is 4.73. The van der Waals surface area contributed by atoms with Gasteiger partial charge >= 0.3 is 0 Å². The fraction of sp³-hybridized carbons (Fsp3) is 0.533. The van der Waals surface area contributed by atoms with Gasteiger partial charge in [-0.25, -0.2) is 0 Å². The third-order valence-corrected chi connectivity index (χ3v) is 3.24. The quantitative estimate of drug-likeness (QED) is 0.644. The van der Waals surface area contributed by atoms with Gasteiger partial charge in [0, 0.05) is 5.39 Å². The number of benzene rings is 1. The summed E-state index contributed by atoms with van der Waals surface area (Å²) in [4.78, 5) is 0. The maximum atomic E-state index is 4.94. The van der Waals surface area contributed by atoms with Gasteiger partial charge in [0.25, 0.3) is 0 Å². The first-order chi connectivity index (χ1) is 8.40. The Morgan fingerprint density at radius 2 is 1.88 bits per heavy atom. The Morgan fingerprint density at radius 3 is 2.76 bits per heavy atom. The normalized spacial score (nSPS) is 11.1. The number of nitrogens with zero attached hydrogens (tertiary/aromatic N) is 1. The number of hydrogen-bond donors (Lipinski definition) is 0. The average Bonchev–Trinajstić information content (AvgIpc) is 2.81. The zero-order valence-corrected chi connectivity index (χ0v) is 10.6. The van der Waals surface area contributed by atoms with Crippen molar-refractivity contribution in [2.75, 3.05) is 0 Å². The maximum Gasteiger partial charge on any atom is 0.131 e. The van der Waals surface area contributed by atoms with Crippen LogP contribution in [0.15, 0.2) is 29.0 Å². The first-order valence-corrected chi connectivity index (χ1v) is 6.73. The SMILES string of the molecule is CCCCCCCCc1ccc2nocc2c1. The Kier molecular flexibility index (Phi) is 4.60. The van der Waals surface area contributed by atoms with E-state index in [0.29, 0.717) is 0 Å². The molecular weight excluding hydrogens is 210 g/mol. The van der Waals surface area contributed by atoms with E-state index in [-0.39, 0.29) is 0 Å². The summed E-state index contributed by atoms with van der Waals surface area (Å²) in [7, 11) is 0. The molecule has 0 saturated heterocycles. The van der Waals surface area contributed by atoms with E-state index in [0.717, 1.165) is 10.9 Å². The number of aromatic nitrogens is 1. The van der Waals surface area contributed by atoms with E-state index in [2.05, 4.69) is 24.2 Å². The summed E-state index contributed by atoms with van der Waals surface area (Å²) in [6.45, 7) is 2.26. The van der Waals surface area contributed by atoms with E-state index < -0.39 is 0 Å². The molecule has 0 aliphatic carbocycles. The fourth-order valence-electron chi connectivity index (χ4n) is 2.19. The molecule has 2 rings (SSSR count). The minimum atomic E-state index is 0.955. The van der Waals surface area contributed by atoms with Crippen LogP contribution in [0.5, 0.6) is 0 Å². The van der Waals surface area contributed by atoms with Crippen LogP contribution in [0.2, 0.25) is 0 Å². The van der Waals surface area contributed by atoms with Crippen molar-refractivity contribution in [3.05, 3.63) is 30.0 Å². The summed E-state index contributed by atoms with van der Waals surface area (Å²) < 4.78 is 4.94. The summed E-state index contributed by atoms with van der Waals surface area (Å²) in [6.07, 6.45) is 11.0. The molecule has 1 aromatic carbocycles. The number of aryl methyl sites for hydroxylation is 1. The van der Waals surface area contributed by atoms with Crippen molar-refractivity contribution in [1.29, 1.82) is 0 Å². The van der Waals surface area contributed by atoms with Gasteiger partial charge < -0.3 is 4.52 Å². The number of rotatable bonds is 7. The lowest BCUT2D eigenvalue weighted by atomic mass is 10.0. The molecule has 0 aliphatic rings. The first kappa shape index (κ1) is 12.2. The average molecular weight is 231 g/mol. The zero-order valence-electron chi connectivity index (χ0n) is 10.6. The Bertz CT molecular complexity index is 447. The van der Waals surface area contributed by atoms with Crippen LogP contribution in [-0.2, 0) is 6.42 Å². The van der Waals surface area contributed by atoms with Crippen molar-refractivity contribution in [2.45, 2.75) is 51.9 Å². The molecule has 0 saturated carbocycles. The van der Waals surface area contributed by atoms with Crippen LogP contribution < -0.4 is 0 Å². The molecule has 17 heavy (non-hydrogen) atoms. The van der Waals surface area contributed by atoms with Crippen molar-refractivity contribution in [3.63, 3.8) is 0 Å². The molecule has 0 spiro atoms. The number of fused-ring (bicyclic) bond motifs is 1. The van der Waals surface area contributed by atoms with Crippen molar-refractivity contribution >= 4 is 10.9 Å². The second kappa shape index (κ2) is 6.43. The molecule has 2 heteroatoms. The van der Waals surface area contributed by atoms with E-state index in [1.165, 1.54) is 50.5 Å². The molecule has 92 valence electrons. The molecule has 0 unspecified atom stereocenters. The Balaban J connectivity index is 1.75. The van der Waals surface area contributed by atoms with Gasteiger partial charge in [-0.2, -0.15) is 0 Å². The van der Waals surface area contributed by atoms with E-state index in [1.807, 2.05) is 6.07 Å². The summed E-state index contributed by atoms with van der Waals surface area (Å²) in [6, 6.07) is 6.40. The second-order valence-electron chi connectivity index (χ2n) is 4.73. The minimum Gasteiger partial charge on any atom is -0.364 e. The van der Waals surface area contributed by atoms with Crippen molar-refractivity contribution in [2.24, 2.45) is 0 Å². The van der Waals surface area contributed by atoms with Crippen molar-refractivity contribution in [1.82, 2.24) is 5.16 Å². The maximum absolute atomic E-state index is 4.94. The van der Waals surface area contributed by atoms with E-state index in [9.17, 15) is 0 Å². The highest BCUT2D eigenvalue weighted by Gasteiger charge is 1.99. The Labute approximate surface area is 103 Å². The molecule has 0 atom stereocenters. The van der Waals surface area contributed by atoms with Gasteiger partial charge in [-0.05, 0) is 30.5 Å². The number of unbranched alkanes of at least 4 members (excludes halogenated alkanes) is 5. The minimum absolute atomic E-state index is 0.955. The molecule has 0 bridgehead atoms. The predicted molar refractivity (Wildman–Crippen MR) is 71.1 cm³/mol. The Hall–Kier alpha value is -1.31. The van der Waals surface area contributed by atoms with Gasteiger partial charge in [-0.1, -0.05) is 50.3 Å². The largest absolute Gasteiger partial charge is 0.364 e. The molecule has 1 heterocycles. The van der Waals surface area contributed by atoms with Crippen LogP contribution in [-0.4, -0.2) is 5.16 Å². The summed E-state index contributed by atoms with van der Waals surface area (Å²) in [5.41, 5.74) is 2.35. The van der Waals surface area contributed by atoms with Crippen LogP contribution in [0, 0.1) is 0 Å². The first-order valence-electron chi connectivity index (χ1n) is 6.73. The molecular formula is C15H21NO. The van der Waals surface area contributed by atoms with E-state index >= 15 is 0 Å². The van der Waals surface area contributed by atoms with Gasteiger partial charge in [0.05, 0.1) is 0 Å². The molecule has 0 amide bonds. The highest BCUT2D eigenvalue weighted by molar-refractivity contribution is 5.77. The third-order valence-electron chi connectivity index (χ3n) is 3.24. The van der Waals surface area contributed by atoms with Crippen molar-refractivity contribution in [3.8, 4) is 0 Å². The molecule has 2 aromatic rings. The summed E-state index contributed by atoms with van der Waals surface area (Å²) >= 11 is 0. The summed E-state index contributed by atoms with van der Waals surface area (Å²) in [5.74, 6) is 0. The lowest BCUT2D eigenvalue weighted by Crippen LogP contribution is -1.86. The molecule has 1 aromatic heterocycles. The topological polar surface area (TPSA) is 26.0 Å². The molecule has 0 N–H and O–H groups in total. The smallest absolute Gasteiger partial charge is 0.131 e. The summed E-state index contributed by atoms with van der Waals surface area (Å²) in [5, 5.41) is 5.03. The van der Waals surface area contributed by atoms with Crippen LogP contribution in [0.3, 0.4) is 0 Å². The van der Waals surface area contributed by atoms with Crippen LogP contribution >= 0.6 is 0 Å². The van der Waals surface area contributed by atoms with Gasteiger partial charge in [-0.3, -0.25) is 0 Å². The van der Waals surface area contributed by atoms with Crippen LogP contribution in [0.25, 0.3) is 10.9 Å². The third kappa shape index (κ3) is 3.58. The van der Waals surface area contributed by atoms with Gasteiger partial charge in [-0.15, -0.1) is 0 Å². The highest BCUT2D eigenvalue weighted by atomic mass is 16.5. The lowest BCUT2D eigenvalue weighted by Gasteiger charge is -2.01. The standard InChI is InChI=1S/C15H21NO/c1-2-3-4-5-6-7-8-13-9-10-15-14(11-13)12-17-16-15/h9-12H,2-8H2,1H3. The number of hydrogen-bond acceptors (Lipinski definition) is 2. The monoisotopic (exact) mass is 231 g/mol. The predicted octanol–water partition coefficient (Wildman–Crippen LogP) is 4.73. The molecule has 0 radical (unpaired) electrons. The molecule has 0 fully saturated rings. The molecule has 0 aliphatic heterocycles. The van der Waals surface area contributed by atoms with E-state index in [4.69, 9.17) is 4.52 Å². The van der Waals surface area contributed by atoms with E-state index in [1.54, 1.807) is 6.26 Å². The zero-order chi connectivity index (χ0) is 11.9. The lowest BCUT2D eigenvalue weighted by molar-refractivity contribution is 0.428. The van der Waals surface area contributed by atoms with Crippen LogP contribution in [0.1, 0.15) is 51.0 Å². The Morgan fingerprint density at radius 1 is 1.06 bits per heavy atom. The fourth-order valence-corrected chi connectivity index (χ4v) is 2.19. The van der Waals surface area contributed by atoms with Crippen molar-refractivity contribution < 1.29 is 4.52 Å². The van der Waals surface area contributed by atoms with Crippen LogP contribution in [0.4, 0.5) is 0 Å².